The van der Waals surface area contributed by atoms with Crippen LogP contribution >= 0.6 is 0 Å². The van der Waals surface area contributed by atoms with Gasteiger partial charge in [-0.1, -0.05) is 0 Å². The van der Waals surface area contributed by atoms with Gasteiger partial charge >= 0.3 is 6.03 Å². The molecule has 3 nitrogen and oxygen atoms in total. The molecule has 0 bridgehead atoms. The summed E-state index contributed by atoms with van der Waals surface area (Å²) in [6, 6.07) is 2.43. The van der Waals surface area contributed by atoms with E-state index in [1.807, 2.05) is 0 Å². The number of urea groups is 1. The van der Waals surface area contributed by atoms with Crippen molar-refractivity contribution in [2.24, 2.45) is 0 Å². The van der Waals surface area contributed by atoms with Gasteiger partial charge in [-0.15, -0.1) is 12.3 Å². The van der Waals surface area contributed by atoms with Crippen molar-refractivity contribution in [3.8, 4) is 12.3 Å². The Morgan fingerprint density at radius 1 is 1.33 bits per heavy atom. The van der Waals surface area contributed by atoms with Gasteiger partial charge in [0.15, 0.2) is 0 Å². The number of terminal acetylenes is 1. The van der Waals surface area contributed by atoms with Crippen LogP contribution in [0.4, 0.5) is 19.3 Å². The number of hydrogen-bond donors (Lipinski definition) is 2. The van der Waals surface area contributed by atoms with Crippen molar-refractivity contribution < 1.29 is 13.6 Å². The molecule has 0 aliphatic rings. The lowest BCUT2D eigenvalue weighted by atomic mass is 10.2. The van der Waals surface area contributed by atoms with E-state index in [1.54, 1.807) is 0 Å². The molecule has 1 rings (SSSR count). The van der Waals surface area contributed by atoms with Gasteiger partial charge in [0.2, 0.25) is 0 Å². The molecular weight excluding hydrogens is 238 g/mol. The van der Waals surface area contributed by atoms with Crippen LogP contribution in [-0.2, 0) is 0 Å². The summed E-state index contributed by atoms with van der Waals surface area (Å²) in [7, 11) is 0. The first-order chi connectivity index (χ1) is 8.63. The number of amides is 2. The Balaban J connectivity index is 2.34. The molecule has 0 spiro atoms. The zero-order chi connectivity index (χ0) is 13.4. The molecule has 0 atom stereocenters. The van der Waals surface area contributed by atoms with Gasteiger partial charge in [0.05, 0.1) is 5.69 Å². The van der Waals surface area contributed by atoms with Crippen molar-refractivity contribution in [2.75, 3.05) is 11.9 Å². The van der Waals surface area contributed by atoms with Gasteiger partial charge in [-0.3, -0.25) is 0 Å². The smallest absolute Gasteiger partial charge is 0.319 e. The van der Waals surface area contributed by atoms with Crippen LogP contribution in [0, 0.1) is 24.0 Å². The SMILES string of the molecule is C#CCCCCNC(=O)Nc1ccc(F)cc1F. The second-order valence-corrected chi connectivity index (χ2v) is 3.67. The maximum atomic E-state index is 13.2. The predicted octanol–water partition coefficient (Wildman–Crippen LogP) is 2.89. The molecule has 96 valence electrons. The van der Waals surface area contributed by atoms with Crippen LogP contribution in [0.1, 0.15) is 19.3 Å². The minimum atomic E-state index is -0.808. The number of hydrogen-bond acceptors (Lipinski definition) is 1. The van der Waals surface area contributed by atoms with Gasteiger partial charge in [-0.05, 0) is 25.0 Å². The summed E-state index contributed by atoms with van der Waals surface area (Å²) in [6.07, 6.45) is 7.32. The molecule has 2 amide bonds. The van der Waals surface area contributed by atoms with Crippen molar-refractivity contribution in [2.45, 2.75) is 19.3 Å². The summed E-state index contributed by atoms with van der Waals surface area (Å²) >= 11 is 0. The van der Waals surface area contributed by atoms with Crippen molar-refractivity contribution >= 4 is 11.7 Å². The van der Waals surface area contributed by atoms with Crippen LogP contribution in [-0.4, -0.2) is 12.6 Å². The van der Waals surface area contributed by atoms with E-state index in [9.17, 15) is 13.6 Å². The molecule has 5 heteroatoms. The Kier molecular flexibility index (Phi) is 5.65. The fraction of sp³-hybridized carbons (Fsp3) is 0.308. The van der Waals surface area contributed by atoms with Crippen LogP contribution in [0.15, 0.2) is 18.2 Å². The van der Waals surface area contributed by atoms with Crippen molar-refractivity contribution in [1.82, 2.24) is 5.32 Å². The van der Waals surface area contributed by atoms with Gasteiger partial charge in [0.1, 0.15) is 11.6 Å². The molecule has 0 saturated carbocycles. The van der Waals surface area contributed by atoms with Crippen LogP contribution in [0.25, 0.3) is 0 Å². The van der Waals surface area contributed by atoms with E-state index in [2.05, 4.69) is 16.6 Å². The number of benzene rings is 1. The zero-order valence-corrected chi connectivity index (χ0v) is 9.80. The van der Waals surface area contributed by atoms with Gasteiger partial charge in [-0.25, -0.2) is 13.6 Å². The van der Waals surface area contributed by atoms with E-state index >= 15 is 0 Å². The molecule has 1 aromatic rings. The number of nitrogens with one attached hydrogen (secondary N) is 2. The van der Waals surface area contributed by atoms with Crippen LogP contribution in [0.2, 0.25) is 0 Å². The standard InChI is InChI=1S/C13H14F2N2O/c1-2-3-4-5-8-16-13(18)17-12-7-6-10(14)9-11(12)15/h1,6-7,9H,3-5,8H2,(H2,16,17,18). The molecule has 0 fully saturated rings. The lowest BCUT2D eigenvalue weighted by Crippen LogP contribution is -2.29. The van der Waals surface area contributed by atoms with Gasteiger partial charge in [-0.2, -0.15) is 0 Å². The summed E-state index contributed by atoms with van der Waals surface area (Å²) in [5.74, 6) is 1.000. The minimum Gasteiger partial charge on any atom is -0.338 e. The third kappa shape index (κ3) is 4.83. The Labute approximate surface area is 105 Å². The number of carbonyl (C=O) groups is 1. The van der Waals surface area contributed by atoms with Crippen LogP contribution in [0.5, 0.6) is 0 Å². The second-order valence-electron chi connectivity index (χ2n) is 3.67. The van der Waals surface area contributed by atoms with Gasteiger partial charge < -0.3 is 10.6 Å². The van der Waals surface area contributed by atoms with Gasteiger partial charge in [0.25, 0.3) is 0 Å². The zero-order valence-electron chi connectivity index (χ0n) is 9.80. The quantitative estimate of drug-likeness (QED) is 0.614. The highest BCUT2D eigenvalue weighted by Crippen LogP contribution is 2.14. The van der Waals surface area contributed by atoms with Crippen molar-refractivity contribution in [3.05, 3.63) is 29.8 Å². The average Bonchev–Trinajstić information content (AvgIpc) is 2.32. The molecule has 2 N–H and O–H groups in total. The molecule has 18 heavy (non-hydrogen) atoms. The highest BCUT2D eigenvalue weighted by Gasteiger charge is 2.06. The highest BCUT2D eigenvalue weighted by atomic mass is 19.1. The molecule has 0 aliphatic heterocycles. The summed E-state index contributed by atoms with van der Waals surface area (Å²) in [5.41, 5.74) is -0.0578. The van der Waals surface area contributed by atoms with E-state index in [0.29, 0.717) is 19.0 Å². The summed E-state index contributed by atoms with van der Waals surface area (Å²) in [4.78, 5) is 11.4. The summed E-state index contributed by atoms with van der Waals surface area (Å²) in [5, 5.41) is 4.85. The molecule has 0 aliphatic carbocycles. The first-order valence-corrected chi connectivity index (χ1v) is 5.57. The van der Waals surface area contributed by atoms with Crippen LogP contribution in [0.3, 0.4) is 0 Å². The molecule has 0 heterocycles. The third-order valence-corrected chi connectivity index (χ3v) is 2.21. The number of carbonyl (C=O) groups excluding carboxylic acids is 1. The van der Waals surface area contributed by atoms with E-state index in [0.717, 1.165) is 18.9 Å². The lowest BCUT2D eigenvalue weighted by molar-refractivity contribution is 0.252. The Morgan fingerprint density at radius 2 is 2.11 bits per heavy atom. The Bertz CT molecular complexity index is 455. The molecule has 0 unspecified atom stereocenters. The fourth-order valence-electron chi connectivity index (χ4n) is 1.31. The molecule has 0 saturated heterocycles. The monoisotopic (exact) mass is 252 g/mol. The van der Waals surface area contributed by atoms with Crippen molar-refractivity contribution in [3.63, 3.8) is 0 Å². The fourth-order valence-corrected chi connectivity index (χ4v) is 1.31. The van der Waals surface area contributed by atoms with E-state index in [1.165, 1.54) is 6.07 Å². The largest absolute Gasteiger partial charge is 0.338 e. The topological polar surface area (TPSA) is 41.1 Å². The maximum absolute atomic E-state index is 13.2. The summed E-state index contributed by atoms with van der Waals surface area (Å²) < 4.78 is 25.8. The number of rotatable bonds is 5. The summed E-state index contributed by atoms with van der Waals surface area (Å²) in [6.45, 7) is 0.455. The first kappa shape index (κ1) is 14.0. The maximum Gasteiger partial charge on any atom is 0.319 e. The molecular formula is C13H14F2N2O. The van der Waals surface area contributed by atoms with E-state index in [4.69, 9.17) is 6.42 Å². The van der Waals surface area contributed by atoms with E-state index < -0.39 is 17.7 Å². The average molecular weight is 252 g/mol. The number of unbranched alkanes of at least 4 members (excludes halogenated alkanes) is 2. The van der Waals surface area contributed by atoms with Crippen LogP contribution < -0.4 is 10.6 Å². The highest BCUT2D eigenvalue weighted by molar-refractivity contribution is 5.89. The molecule has 0 aromatic heterocycles. The predicted molar refractivity (Wildman–Crippen MR) is 66.1 cm³/mol. The molecule has 0 radical (unpaired) electrons. The van der Waals surface area contributed by atoms with Gasteiger partial charge in [0, 0.05) is 19.0 Å². The normalized spacial score (nSPS) is 9.61. The Hall–Kier alpha value is -2.09. The lowest BCUT2D eigenvalue weighted by Gasteiger charge is -2.08. The Morgan fingerprint density at radius 3 is 2.78 bits per heavy atom. The van der Waals surface area contributed by atoms with Crippen molar-refractivity contribution in [1.29, 1.82) is 0 Å². The number of halogens is 2. The van der Waals surface area contributed by atoms with E-state index in [-0.39, 0.29) is 5.69 Å². The molecule has 1 aromatic carbocycles. The third-order valence-electron chi connectivity index (χ3n) is 2.21. The number of anilines is 1. The minimum absolute atomic E-state index is 0.0578. The second kappa shape index (κ2) is 7.28. The first-order valence-electron chi connectivity index (χ1n) is 5.57.